The zero-order chi connectivity index (χ0) is 13.4. The second kappa shape index (κ2) is 4.42. The zero-order valence-electron chi connectivity index (χ0n) is 10.2. The monoisotopic (exact) mass is 259 g/mol. The normalized spacial score (nSPS) is 14.5. The van der Waals surface area contributed by atoms with E-state index in [2.05, 4.69) is 5.32 Å². The second-order valence-corrected chi connectivity index (χ2v) is 4.70. The van der Waals surface area contributed by atoms with Gasteiger partial charge in [0.15, 0.2) is 0 Å². The number of furan rings is 1. The van der Waals surface area contributed by atoms with Crippen molar-refractivity contribution in [3.63, 3.8) is 0 Å². The molecule has 1 heterocycles. The number of amides is 1. The summed E-state index contributed by atoms with van der Waals surface area (Å²) in [7, 11) is 0. The number of carboxylic acid groups (broad SMARTS) is 1. The Morgan fingerprint density at radius 2 is 2.05 bits per heavy atom. The molecule has 1 amide bonds. The summed E-state index contributed by atoms with van der Waals surface area (Å²) in [4.78, 5) is 22.8. The number of rotatable bonds is 4. The van der Waals surface area contributed by atoms with Gasteiger partial charge in [-0.1, -0.05) is 18.2 Å². The first-order valence-corrected chi connectivity index (χ1v) is 6.18. The summed E-state index contributed by atoms with van der Waals surface area (Å²) >= 11 is 0. The topological polar surface area (TPSA) is 79.5 Å². The molecule has 1 aliphatic carbocycles. The van der Waals surface area contributed by atoms with Gasteiger partial charge in [-0.05, 0) is 18.9 Å². The number of carboxylic acids is 1. The van der Waals surface area contributed by atoms with Gasteiger partial charge in [0.25, 0.3) is 0 Å². The van der Waals surface area contributed by atoms with Gasteiger partial charge in [0.1, 0.15) is 5.58 Å². The van der Waals surface area contributed by atoms with Crippen LogP contribution in [0.3, 0.4) is 0 Å². The maximum atomic E-state index is 11.6. The number of aromatic carboxylic acids is 1. The standard InChI is InChI=1S/C14H13NO4/c16-13(8-5-6-8)15-7-10-9-3-1-2-4-11(9)19-12(10)14(17)18/h1-4,8H,5-7H2,(H,15,16)(H,17,18). The average molecular weight is 259 g/mol. The van der Waals surface area contributed by atoms with Crippen LogP contribution in [0.25, 0.3) is 11.0 Å². The van der Waals surface area contributed by atoms with E-state index in [1.807, 2.05) is 6.07 Å². The molecule has 1 aromatic heterocycles. The average Bonchev–Trinajstić information content (AvgIpc) is 3.17. The van der Waals surface area contributed by atoms with Gasteiger partial charge in [0.05, 0.1) is 0 Å². The Hall–Kier alpha value is -2.30. The third kappa shape index (κ3) is 2.19. The highest BCUT2D eigenvalue weighted by Crippen LogP contribution is 2.30. The predicted octanol–water partition coefficient (Wildman–Crippen LogP) is 2.16. The van der Waals surface area contributed by atoms with Crippen molar-refractivity contribution in [1.82, 2.24) is 5.32 Å². The number of hydrogen-bond donors (Lipinski definition) is 2. The lowest BCUT2D eigenvalue weighted by molar-refractivity contribution is -0.122. The van der Waals surface area contributed by atoms with Crippen LogP contribution in [-0.4, -0.2) is 17.0 Å². The second-order valence-electron chi connectivity index (χ2n) is 4.70. The van der Waals surface area contributed by atoms with E-state index in [1.165, 1.54) is 0 Å². The quantitative estimate of drug-likeness (QED) is 0.881. The number of hydrogen-bond acceptors (Lipinski definition) is 3. The van der Waals surface area contributed by atoms with Crippen molar-refractivity contribution in [2.75, 3.05) is 0 Å². The van der Waals surface area contributed by atoms with Crippen molar-refractivity contribution in [3.05, 3.63) is 35.6 Å². The molecule has 5 heteroatoms. The molecule has 1 aliphatic rings. The summed E-state index contributed by atoms with van der Waals surface area (Å²) in [5.74, 6) is -1.13. The largest absolute Gasteiger partial charge is 0.475 e. The summed E-state index contributed by atoms with van der Waals surface area (Å²) in [5.41, 5.74) is 1.05. The van der Waals surface area contributed by atoms with Crippen molar-refractivity contribution >= 4 is 22.8 Å². The molecule has 2 aromatic rings. The van der Waals surface area contributed by atoms with E-state index in [9.17, 15) is 9.59 Å². The maximum Gasteiger partial charge on any atom is 0.372 e. The molecule has 19 heavy (non-hydrogen) atoms. The summed E-state index contributed by atoms with van der Waals surface area (Å²) in [6.07, 6.45) is 1.84. The smallest absolute Gasteiger partial charge is 0.372 e. The number of carbonyl (C=O) groups excluding carboxylic acids is 1. The number of benzene rings is 1. The molecule has 3 rings (SSSR count). The lowest BCUT2D eigenvalue weighted by atomic mass is 10.1. The van der Waals surface area contributed by atoms with Crippen LogP contribution in [0.5, 0.6) is 0 Å². The first-order chi connectivity index (χ1) is 9.16. The van der Waals surface area contributed by atoms with Gasteiger partial charge in [-0.15, -0.1) is 0 Å². The van der Waals surface area contributed by atoms with E-state index in [0.29, 0.717) is 11.1 Å². The minimum absolute atomic E-state index is 0.0124. The van der Waals surface area contributed by atoms with E-state index < -0.39 is 5.97 Å². The number of carbonyl (C=O) groups is 2. The van der Waals surface area contributed by atoms with Crippen molar-refractivity contribution in [1.29, 1.82) is 0 Å². The third-order valence-corrected chi connectivity index (χ3v) is 3.28. The highest BCUT2D eigenvalue weighted by atomic mass is 16.4. The minimum Gasteiger partial charge on any atom is -0.475 e. The molecule has 0 spiro atoms. The molecule has 0 aliphatic heterocycles. The third-order valence-electron chi connectivity index (χ3n) is 3.28. The number of nitrogens with one attached hydrogen (secondary N) is 1. The molecule has 0 unspecified atom stereocenters. The summed E-state index contributed by atoms with van der Waals surface area (Å²) in [6, 6.07) is 7.11. The van der Waals surface area contributed by atoms with Crippen LogP contribution in [0.15, 0.2) is 28.7 Å². The molecule has 1 fully saturated rings. The van der Waals surface area contributed by atoms with E-state index in [0.717, 1.165) is 18.2 Å². The van der Waals surface area contributed by atoms with Crippen LogP contribution in [-0.2, 0) is 11.3 Å². The summed E-state index contributed by atoms with van der Waals surface area (Å²) in [5, 5.41) is 12.7. The van der Waals surface area contributed by atoms with Crippen molar-refractivity contribution in [2.24, 2.45) is 5.92 Å². The van der Waals surface area contributed by atoms with Crippen molar-refractivity contribution in [3.8, 4) is 0 Å². The Balaban J connectivity index is 1.92. The van der Waals surface area contributed by atoms with Gasteiger partial charge in [-0.25, -0.2) is 4.79 Å². The Kier molecular flexibility index (Phi) is 2.74. The predicted molar refractivity (Wildman–Crippen MR) is 67.7 cm³/mol. The van der Waals surface area contributed by atoms with Gasteiger partial charge < -0.3 is 14.8 Å². The van der Waals surface area contributed by atoms with Crippen LogP contribution in [0, 0.1) is 5.92 Å². The van der Waals surface area contributed by atoms with Crippen LogP contribution in [0.2, 0.25) is 0 Å². The molecular weight excluding hydrogens is 246 g/mol. The van der Waals surface area contributed by atoms with Crippen LogP contribution in [0.1, 0.15) is 29.0 Å². The molecule has 0 radical (unpaired) electrons. The van der Waals surface area contributed by atoms with E-state index in [4.69, 9.17) is 9.52 Å². The Bertz CT molecular complexity index is 655. The van der Waals surface area contributed by atoms with Crippen LogP contribution < -0.4 is 5.32 Å². The van der Waals surface area contributed by atoms with E-state index in [1.54, 1.807) is 18.2 Å². The molecule has 2 N–H and O–H groups in total. The van der Waals surface area contributed by atoms with Gasteiger partial charge in [-0.2, -0.15) is 0 Å². The maximum absolute atomic E-state index is 11.6. The van der Waals surface area contributed by atoms with Gasteiger partial charge in [-0.3, -0.25) is 4.79 Å². The Morgan fingerprint density at radius 1 is 1.32 bits per heavy atom. The number of fused-ring (bicyclic) bond motifs is 1. The van der Waals surface area contributed by atoms with Crippen LogP contribution in [0.4, 0.5) is 0 Å². The fourth-order valence-corrected chi connectivity index (χ4v) is 2.11. The summed E-state index contributed by atoms with van der Waals surface area (Å²) < 4.78 is 5.32. The molecule has 0 bridgehead atoms. The highest BCUT2D eigenvalue weighted by Gasteiger charge is 2.30. The van der Waals surface area contributed by atoms with Gasteiger partial charge >= 0.3 is 5.97 Å². The molecule has 1 aromatic carbocycles. The highest BCUT2D eigenvalue weighted by molar-refractivity contribution is 5.95. The zero-order valence-corrected chi connectivity index (χ0v) is 10.2. The SMILES string of the molecule is O=C(O)c1oc2ccccc2c1CNC(=O)C1CC1. The molecule has 0 saturated heterocycles. The van der Waals surface area contributed by atoms with Crippen molar-refractivity contribution < 1.29 is 19.1 Å². The lowest BCUT2D eigenvalue weighted by Gasteiger charge is -2.03. The fourth-order valence-electron chi connectivity index (χ4n) is 2.11. The molecular formula is C14H13NO4. The lowest BCUT2D eigenvalue weighted by Crippen LogP contribution is -2.24. The van der Waals surface area contributed by atoms with Crippen molar-refractivity contribution in [2.45, 2.75) is 19.4 Å². The van der Waals surface area contributed by atoms with Gasteiger partial charge in [0.2, 0.25) is 11.7 Å². The van der Waals surface area contributed by atoms with E-state index >= 15 is 0 Å². The first-order valence-electron chi connectivity index (χ1n) is 6.18. The first kappa shape index (κ1) is 11.8. The molecule has 1 saturated carbocycles. The minimum atomic E-state index is -1.12. The van der Waals surface area contributed by atoms with E-state index in [-0.39, 0.29) is 24.1 Å². The molecule has 98 valence electrons. The van der Waals surface area contributed by atoms with Gasteiger partial charge in [0, 0.05) is 23.4 Å². The Labute approximate surface area is 109 Å². The fraction of sp³-hybridized carbons (Fsp3) is 0.286. The Morgan fingerprint density at radius 3 is 2.74 bits per heavy atom. The molecule has 5 nitrogen and oxygen atoms in total. The van der Waals surface area contributed by atoms with Crippen LogP contribution >= 0.6 is 0 Å². The number of para-hydroxylation sites is 1. The summed E-state index contributed by atoms with van der Waals surface area (Å²) in [6.45, 7) is 0.188. The molecule has 0 atom stereocenters.